The highest BCUT2D eigenvalue weighted by Crippen LogP contribution is 2.25. The summed E-state index contributed by atoms with van der Waals surface area (Å²) in [6.07, 6.45) is 0.827. The summed E-state index contributed by atoms with van der Waals surface area (Å²) in [4.78, 5) is 11.5. The van der Waals surface area contributed by atoms with Crippen LogP contribution < -0.4 is 0 Å². The lowest BCUT2D eigenvalue weighted by Crippen LogP contribution is -2.22. The van der Waals surface area contributed by atoms with E-state index in [1.54, 1.807) is 13.2 Å². The molecule has 0 aliphatic heterocycles. The number of hydrogen-bond donors (Lipinski definition) is 1. The zero-order chi connectivity index (χ0) is 13.8. The van der Waals surface area contributed by atoms with Crippen molar-refractivity contribution in [2.45, 2.75) is 30.8 Å². The molecule has 1 aromatic rings. The van der Waals surface area contributed by atoms with Crippen molar-refractivity contribution in [2.75, 3.05) is 12.9 Å². The van der Waals surface area contributed by atoms with Crippen LogP contribution in [0.25, 0.3) is 0 Å². The molecule has 18 heavy (non-hydrogen) atoms. The van der Waals surface area contributed by atoms with Crippen LogP contribution in [0.3, 0.4) is 0 Å². The van der Waals surface area contributed by atoms with Crippen LogP contribution in [0.1, 0.15) is 30.6 Å². The summed E-state index contributed by atoms with van der Waals surface area (Å²) in [5.74, 6) is -1.16. The third-order valence-electron chi connectivity index (χ3n) is 2.69. The second-order valence-corrected chi connectivity index (χ2v) is 5.68. The van der Waals surface area contributed by atoms with Gasteiger partial charge in [0.2, 0.25) is 0 Å². The molecule has 1 N–H and O–H groups in total. The maximum Gasteiger partial charge on any atom is 0.338 e. The first-order chi connectivity index (χ1) is 8.35. The Kier molecular flexibility index (Phi) is 5.16. The molecule has 0 atom stereocenters. The van der Waals surface area contributed by atoms with Crippen LogP contribution in [0.2, 0.25) is 0 Å². The normalized spacial score (nSPS) is 11.6. The zero-order valence-corrected chi connectivity index (χ0v) is 11.5. The van der Waals surface area contributed by atoms with Gasteiger partial charge in [0.1, 0.15) is 5.82 Å². The fourth-order valence-corrected chi connectivity index (χ4v) is 2.47. The smallest absolute Gasteiger partial charge is 0.338 e. The van der Waals surface area contributed by atoms with Crippen molar-refractivity contribution in [3.05, 3.63) is 29.6 Å². The van der Waals surface area contributed by atoms with Gasteiger partial charge in [-0.15, -0.1) is 11.8 Å². The molecule has 0 unspecified atom stereocenters. The summed E-state index contributed by atoms with van der Waals surface area (Å²) >= 11 is 1.49. The predicted octanol–water partition coefficient (Wildman–Crippen LogP) is 3.43. The monoisotopic (exact) mass is 272 g/mol. The van der Waals surface area contributed by atoms with E-state index in [1.165, 1.54) is 23.9 Å². The van der Waals surface area contributed by atoms with Gasteiger partial charge in [-0.3, -0.25) is 0 Å². The van der Waals surface area contributed by atoms with E-state index >= 15 is 0 Å². The number of methoxy groups -OCH3 is 1. The largest absolute Gasteiger partial charge is 0.478 e. The molecule has 0 heterocycles. The number of hydrogen-bond acceptors (Lipinski definition) is 3. The zero-order valence-electron chi connectivity index (χ0n) is 10.7. The first kappa shape index (κ1) is 15.0. The second kappa shape index (κ2) is 6.20. The van der Waals surface area contributed by atoms with Gasteiger partial charge in [-0.05, 0) is 38.5 Å². The molecule has 5 heteroatoms. The van der Waals surface area contributed by atoms with Crippen molar-refractivity contribution in [1.82, 2.24) is 0 Å². The molecule has 0 amide bonds. The Morgan fingerprint density at radius 1 is 1.50 bits per heavy atom. The molecule has 0 radical (unpaired) electrons. The highest BCUT2D eigenvalue weighted by molar-refractivity contribution is 7.99. The fraction of sp³-hybridized carbons (Fsp3) is 0.462. The molecule has 1 rings (SSSR count). The lowest BCUT2D eigenvalue weighted by Gasteiger charge is -2.22. The number of carboxylic acids is 1. The molecule has 0 aliphatic rings. The number of thioether (sulfide) groups is 1. The van der Waals surface area contributed by atoms with Crippen LogP contribution in [0.15, 0.2) is 23.1 Å². The lowest BCUT2D eigenvalue weighted by molar-refractivity contribution is 0.0206. The Labute approximate surface area is 110 Å². The maximum absolute atomic E-state index is 13.2. The third-order valence-corrected chi connectivity index (χ3v) is 3.69. The first-order valence-corrected chi connectivity index (χ1v) is 6.55. The summed E-state index contributed by atoms with van der Waals surface area (Å²) < 4.78 is 18.5. The Morgan fingerprint density at radius 2 is 2.17 bits per heavy atom. The number of carboxylic acid groups (broad SMARTS) is 1. The van der Waals surface area contributed by atoms with E-state index in [0.29, 0.717) is 0 Å². The molecule has 0 fully saturated rings. The van der Waals surface area contributed by atoms with Gasteiger partial charge in [-0.2, -0.15) is 0 Å². The topological polar surface area (TPSA) is 46.5 Å². The van der Waals surface area contributed by atoms with E-state index in [0.717, 1.165) is 17.1 Å². The van der Waals surface area contributed by atoms with Gasteiger partial charge in [0, 0.05) is 17.8 Å². The van der Waals surface area contributed by atoms with Crippen molar-refractivity contribution in [3.63, 3.8) is 0 Å². The maximum atomic E-state index is 13.2. The van der Waals surface area contributed by atoms with Gasteiger partial charge in [0.15, 0.2) is 0 Å². The minimum atomic E-state index is -1.24. The number of rotatable bonds is 6. The summed E-state index contributed by atoms with van der Waals surface area (Å²) in [5, 5.41) is 8.81. The van der Waals surface area contributed by atoms with Gasteiger partial charge in [0.25, 0.3) is 0 Å². The number of ether oxygens (including phenoxy) is 1. The van der Waals surface area contributed by atoms with E-state index in [2.05, 4.69) is 0 Å². The third kappa shape index (κ3) is 4.31. The van der Waals surface area contributed by atoms with Crippen LogP contribution >= 0.6 is 11.8 Å². The van der Waals surface area contributed by atoms with Crippen LogP contribution in [-0.2, 0) is 4.74 Å². The highest BCUT2D eigenvalue weighted by Gasteiger charge is 2.16. The number of carbonyl (C=O) groups is 1. The average molecular weight is 272 g/mol. The highest BCUT2D eigenvalue weighted by atomic mass is 32.2. The number of benzene rings is 1. The number of halogens is 1. The minimum absolute atomic E-state index is 0.206. The van der Waals surface area contributed by atoms with Crippen LogP contribution in [0, 0.1) is 5.82 Å². The van der Waals surface area contributed by atoms with Gasteiger partial charge in [0.05, 0.1) is 11.2 Å². The van der Waals surface area contributed by atoms with E-state index in [-0.39, 0.29) is 11.2 Å². The van der Waals surface area contributed by atoms with Crippen LogP contribution in [0.4, 0.5) is 4.39 Å². The van der Waals surface area contributed by atoms with Crippen LogP contribution in [-0.4, -0.2) is 29.5 Å². The van der Waals surface area contributed by atoms with E-state index < -0.39 is 11.8 Å². The van der Waals surface area contributed by atoms with Crippen molar-refractivity contribution < 1.29 is 19.0 Å². The van der Waals surface area contributed by atoms with Crippen molar-refractivity contribution >= 4 is 17.7 Å². The summed E-state index contributed by atoms with van der Waals surface area (Å²) in [5.41, 5.74) is -0.492. The van der Waals surface area contributed by atoms with E-state index in [4.69, 9.17) is 9.84 Å². The molecule has 0 saturated heterocycles. The van der Waals surface area contributed by atoms with Gasteiger partial charge >= 0.3 is 5.97 Å². The molecule has 3 nitrogen and oxygen atoms in total. The Hall–Kier alpha value is -1.07. The molecule has 0 aliphatic carbocycles. The Balaban J connectivity index is 2.64. The lowest BCUT2D eigenvalue weighted by atomic mass is 10.1. The minimum Gasteiger partial charge on any atom is -0.478 e. The molecule has 0 spiro atoms. The Morgan fingerprint density at radius 3 is 2.72 bits per heavy atom. The molecule has 0 aromatic heterocycles. The summed E-state index contributed by atoms with van der Waals surface area (Å²) in [7, 11) is 1.66. The molecule has 0 saturated carbocycles. The summed E-state index contributed by atoms with van der Waals surface area (Å²) in [6.45, 7) is 3.97. The van der Waals surface area contributed by atoms with E-state index in [1.807, 2.05) is 13.8 Å². The quantitative estimate of drug-likeness (QED) is 0.806. The van der Waals surface area contributed by atoms with E-state index in [9.17, 15) is 9.18 Å². The standard InChI is InChI=1S/C13H17FO3S/c1-13(2,17-3)6-7-18-9-4-5-11(14)10(8-9)12(15)16/h4-5,8H,6-7H2,1-3H3,(H,15,16). The SMILES string of the molecule is COC(C)(C)CCSc1ccc(F)c(C(=O)O)c1. The fourth-order valence-electron chi connectivity index (χ4n) is 1.27. The molecular formula is C13H17FO3S. The van der Waals surface area contributed by atoms with Gasteiger partial charge < -0.3 is 9.84 Å². The molecular weight excluding hydrogens is 255 g/mol. The number of aromatic carboxylic acids is 1. The average Bonchev–Trinajstić information content (AvgIpc) is 2.31. The predicted molar refractivity (Wildman–Crippen MR) is 69.8 cm³/mol. The van der Waals surface area contributed by atoms with Gasteiger partial charge in [-0.1, -0.05) is 0 Å². The van der Waals surface area contributed by atoms with Crippen molar-refractivity contribution in [2.24, 2.45) is 0 Å². The summed E-state index contributed by atoms with van der Waals surface area (Å²) in [6, 6.07) is 4.14. The van der Waals surface area contributed by atoms with Crippen LogP contribution in [0.5, 0.6) is 0 Å². The van der Waals surface area contributed by atoms with Crippen molar-refractivity contribution in [3.8, 4) is 0 Å². The molecule has 100 valence electrons. The van der Waals surface area contributed by atoms with Gasteiger partial charge in [-0.25, -0.2) is 9.18 Å². The first-order valence-electron chi connectivity index (χ1n) is 5.56. The molecule has 1 aromatic carbocycles. The Bertz CT molecular complexity index is 432. The molecule has 0 bridgehead atoms. The second-order valence-electron chi connectivity index (χ2n) is 4.51. The van der Waals surface area contributed by atoms with Crippen molar-refractivity contribution in [1.29, 1.82) is 0 Å².